The molecule has 2 aliphatic rings. The summed E-state index contributed by atoms with van der Waals surface area (Å²) in [5.74, 6) is 0. The first-order valence-corrected chi connectivity index (χ1v) is 14.7. The van der Waals surface area contributed by atoms with Crippen LogP contribution in [-0.2, 0) is 4.74 Å². The third-order valence-corrected chi connectivity index (χ3v) is 7.42. The Morgan fingerprint density at radius 3 is 2.49 bits per heavy atom. The van der Waals surface area contributed by atoms with Gasteiger partial charge in [-0.05, 0) is 71.4 Å². The number of para-hydroxylation sites is 1. The number of nitrogens with zero attached hydrogens (tertiary/aromatic N) is 5. The van der Waals surface area contributed by atoms with E-state index in [0.29, 0.717) is 42.4 Å². The van der Waals surface area contributed by atoms with Crippen molar-refractivity contribution < 1.29 is 14.6 Å². The molecule has 1 amide bonds. The second kappa shape index (κ2) is 10.8. The van der Waals surface area contributed by atoms with Gasteiger partial charge in [-0.1, -0.05) is 37.7 Å². The maximum absolute atomic E-state index is 14.1. The Hall–Kier alpha value is -3.11. The van der Waals surface area contributed by atoms with E-state index in [1.54, 1.807) is 22.6 Å². The van der Waals surface area contributed by atoms with Crippen molar-refractivity contribution in [2.75, 3.05) is 29.1 Å². The van der Waals surface area contributed by atoms with Gasteiger partial charge in [0.2, 0.25) is 0 Å². The number of fused-ring (bicyclic) bond motifs is 2. The first-order valence-electron chi connectivity index (χ1n) is 13.4. The molecule has 39 heavy (non-hydrogen) atoms. The molecule has 0 saturated heterocycles. The molecule has 1 aliphatic heterocycles. The molecule has 0 bridgehead atoms. The number of hydrogen-bond donors (Lipinski definition) is 1. The summed E-state index contributed by atoms with van der Waals surface area (Å²) in [4.78, 5) is 39.9. The summed E-state index contributed by atoms with van der Waals surface area (Å²) in [6.07, 6.45) is 4.19. The van der Waals surface area contributed by atoms with Gasteiger partial charge in [0, 0.05) is 30.7 Å². The Morgan fingerprint density at radius 1 is 1.18 bits per heavy atom. The molecule has 3 aromatic rings. The third kappa shape index (κ3) is 5.63. The van der Waals surface area contributed by atoms with Crippen molar-refractivity contribution in [3.05, 3.63) is 46.4 Å². The Morgan fingerprint density at radius 2 is 1.87 bits per heavy atom. The lowest BCUT2D eigenvalue weighted by Gasteiger charge is -2.43. The Kier molecular flexibility index (Phi) is 8.01. The number of aryl methyl sites for hydroxylation is 1. The predicted octanol–water partition coefficient (Wildman–Crippen LogP) is 5.83. The number of thioether (sulfide) groups is 1. The number of aromatic nitrogens is 3. The fourth-order valence-corrected chi connectivity index (χ4v) is 5.59. The van der Waals surface area contributed by atoms with Crippen LogP contribution in [0.2, 0.25) is 0 Å². The lowest BCUT2D eigenvalue weighted by molar-refractivity contribution is -0.0507. The minimum atomic E-state index is -0.801. The van der Waals surface area contributed by atoms with E-state index in [-0.39, 0.29) is 11.6 Å². The Balaban J connectivity index is 0.00000172. The highest BCUT2D eigenvalue weighted by Crippen LogP contribution is 2.43. The molecule has 5 rings (SSSR count). The number of pyridine rings is 1. The number of carbonyl (C=O) groups excluding carboxylic acids is 1. The smallest absolute Gasteiger partial charge is 0.414 e. The second-order valence-electron chi connectivity index (χ2n) is 11.1. The van der Waals surface area contributed by atoms with Crippen LogP contribution in [-0.4, -0.2) is 56.3 Å². The third-order valence-electron chi connectivity index (χ3n) is 6.86. The molecule has 2 aromatic heterocycles. The first kappa shape index (κ1) is 28.9. The molecular formula is C29H39N5O4S. The summed E-state index contributed by atoms with van der Waals surface area (Å²) < 4.78 is 7.41. The van der Waals surface area contributed by atoms with Gasteiger partial charge in [-0.25, -0.2) is 14.8 Å². The number of amides is 1. The summed E-state index contributed by atoms with van der Waals surface area (Å²) in [5, 5.41) is 11.8. The average Bonchev–Trinajstić information content (AvgIpc) is 2.86. The zero-order valence-corrected chi connectivity index (χ0v) is 24.9. The van der Waals surface area contributed by atoms with Crippen LogP contribution in [0.4, 0.5) is 21.9 Å². The molecule has 210 valence electrons. The quantitative estimate of drug-likeness (QED) is 0.320. The molecule has 1 aliphatic carbocycles. The number of aliphatic hydroxyl groups is 1. The van der Waals surface area contributed by atoms with E-state index in [9.17, 15) is 14.7 Å². The van der Waals surface area contributed by atoms with E-state index in [2.05, 4.69) is 9.97 Å². The highest BCUT2D eigenvalue weighted by atomic mass is 32.2. The van der Waals surface area contributed by atoms with E-state index < -0.39 is 17.3 Å². The van der Waals surface area contributed by atoms with Gasteiger partial charge < -0.3 is 14.7 Å². The topological polar surface area (TPSA) is 101 Å². The Bertz CT molecular complexity index is 1440. The van der Waals surface area contributed by atoms with Gasteiger partial charge in [0.1, 0.15) is 16.9 Å². The largest absolute Gasteiger partial charge is 0.443 e. The van der Waals surface area contributed by atoms with Gasteiger partial charge in [0.15, 0.2) is 5.16 Å². The standard InChI is InChI=1S/C27H33N5O4S.C2H6/c1-16-8-7-9-19-21(16)31(25(34)36-26(2,3)4)11-10-30(19)20-12-17-15-28-24(37-6)29-22(17)32(23(20)33)18-13-27(5,35)14-18;1-2/h7-9,12,15,18,35H,10-11,13-14H2,1-6H3;1-2H3. The summed E-state index contributed by atoms with van der Waals surface area (Å²) in [6.45, 7) is 14.1. The molecule has 0 spiro atoms. The molecule has 0 radical (unpaired) electrons. The van der Waals surface area contributed by atoms with Gasteiger partial charge in [-0.15, -0.1) is 0 Å². The van der Waals surface area contributed by atoms with Crippen molar-refractivity contribution in [3.63, 3.8) is 0 Å². The van der Waals surface area contributed by atoms with E-state index in [1.165, 1.54) is 11.8 Å². The minimum Gasteiger partial charge on any atom is -0.443 e. The summed E-state index contributed by atoms with van der Waals surface area (Å²) in [6, 6.07) is 7.48. The number of ether oxygens (including phenoxy) is 1. The van der Waals surface area contributed by atoms with Gasteiger partial charge in [0.05, 0.1) is 17.0 Å². The molecule has 1 N–H and O–H groups in total. The average molecular weight is 554 g/mol. The zero-order valence-electron chi connectivity index (χ0n) is 24.1. The van der Waals surface area contributed by atoms with E-state index in [4.69, 9.17) is 4.74 Å². The molecule has 1 saturated carbocycles. The lowest BCUT2D eigenvalue weighted by Crippen LogP contribution is -2.48. The van der Waals surface area contributed by atoms with Crippen molar-refractivity contribution >= 4 is 46.0 Å². The van der Waals surface area contributed by atoms with Gasteiger partial charge in [-0.3, -0.25) is 14.3 Å². The summed E-state index contributed by atoms with van der Waals surface area (Å²) in [7, 11) is 0. The van der Waals surface area contributed by atoms with Crippen LogP contribution in [0.15, 0.2) is 40.4 Å². The fraction of sp³-hybridized carbons (Fsp3) is 0.517. The van der Waals surface area contributed by atoms with Crippen molar-refractivity contribution in [2.45, 2.75) is 83.7 Å². The van der Waals surface area contributed by atoms with Gasteiger partial charge >= 0.3 is 6.09 Å². The summed E-state index contributed by atoms with van der Waals surface area (Å²) in [5.41, 5.74) is 1.89. The van der Waals surface area contributed by atoms with E-state index in [0.717, 1.165) is 22.3 Å². The SMILES string of the molecule is CC.CSc1ncc2cc(N3CCN(C(=O)OC(C)(C)C)c4c(C)cccc43)c(=O)n(C3CC(C)(O)C3)c2n1. The van der Waals surface area contributed by atoms with Crippen molar-refractivity contribution in [1.29, 1.82) is 0 Å². The van der Waals surface area contributed by atoms with Crippen LogP contribution >= 0.6 is 11.8 Å². The van der Waals surface area contributed by atoms with Gasteiger partial charge in [-0.2, -0.15) is 0 Å². The van der Waals surface area contributed by atoms with Crippen LogP contribution in [0.5, 0.6) is 0 Å². The fourth-order valence-electron chi connectivity index (χ4n) is 5.25. The van der Waals surface area contributed by atoms with Crippen LogP contribution in [0.25, 0.3) is 11.0 Å². The predicted molar refractivity (Wildman–Crippen MR) is 158 cm³/mol. The summed E-state index contributed by atoms with van der Waals surface area (Å²) >= 11 is 1.42. The molecule has 1 fully saturated rings. The lowest BCUT2D eigenvalue weighted by atomic mass is 9.77. The number of anilines is 3. The highest BCUT2D eigenvalue weighted by molar-refractivity contribution is 7.98. The molecular weight excluding hydrogens is 514 g/mol. The van der Waals surface area contributed by atoms with Crippen LogP contribution < -0.4 is 15.4 Å². The van der Waals surface area contributed by atoms with E-state index >= 15 is 0 Å². The molecule has 0 atom stereocenters. The van der Waals surface area contributed by atoms with Crippen LogP contribution in [0.3, 0.4) is 0 Å². The number of benzene rings is 1. The Labute approximate surface area is 234 Å². The first-order chi connectivity index (χ1) is 18.4. The highest BCUT2D eigenvalue weighted by Gasteiger charge is 2.41. The van der Waals surface area contributed by atoms with Crippen molar-refractivity contribution in [3.8, 4) is 0 Å². The molecule has 9 nitrogen and oxygen atoms in total. The monoisotopic (exact) mass is 553 g/mol. The molecule has 10 heteroatoms. The zero-order chi connectivity index (χ0) is 28.7. The maximum Gasteiger partial charge on any atom is 0.414 e. The number of carbonyl (C=O) groups is 1. The van der Waals surface area contributed by atoms with Crippen molar-refractivity contribution in [1.82, 2.24) is 14.5 Å². The normalized spacial score (nSPS) is 20.6. The minimum absolute atomic E-state index is 0.158. The molecule has 0 unspecified atom stereocenters. The van der Waals surface area contributed by atoms with E-state index in [1.807, 2.05) is 77.0 Å². The van der Waals surface area contributed by atoms with Crippen LogP contribution in [0, 0.1) is 6.92 Å². The van der Waals surface area contributed by atoms with Gasteiger partial charge in [0.25, 0.3) is 5.56 Å². The van der Waals surface area contributed by atoms with Crippen molar-refractivity contribution in [2.24, 2.45) is 0 Å². The maximum atomic E-state index is 14.1. The molecule has 1 aromatic carbocycles. The number of rotatable bonds is 3. The second-order valence-corrected chi connectivity index (χ2v) is 11.9. The van der Waals surface area contributed by atoms with Crippen LogP contribution in [0.1, 0.15) is 66.0 Å². The number of hydrogen-bond acceptors (Lipinski definition) is 8. The molecule has 3 heterocycles.